The van der Waals surface area contributed by atoms with Crippen LogP contribution in [0.2, 0.25) is 0 Å². The van der Waals surface area contributed by atoms with Gasteiger partial charge in [0.15, 0.2) is 0 Å². The van der Waals surface area contributed by atoms with E-state index in [2.05, 4.69) is 55.0 Å². The van der Waals surface area contributed by atoms with Gasteiger partial charge in [-0.2, -0.15) is 0 Å². The van der Waals surface area contributed by atoms with E-state index < -0.39 is 6.04 Å². The van der Waals surface area contributed by atoms with Crippen LogP contribution in [0.4, 0.5) is 0 Å². The highest BCUT2D eigenvalue weighted by Gasteiger charge is 2.33. The second-order valence-electron chi connectivity index (χ2n) is 8.52. The third-order valence-electron chi connectivity index (χ3n) is 6.28. The first-order valence-electron chi connectivity index (χ1n) is 10.9. The van der Waals surface area contributed by atoms with Crippen LogP contribution in [0.5, 0.6) is 5.75 Å². The fraction of sp³-hybridized carbons (Fsp3) is 0.296. The summed E-state index contributed by atoms with van der Waals surface area (Å²) in [7, 11) is 0. The Balaban J connectivity index is 1.53. The van der Waals surface area contributed by atoms with E-state index in [1.165, 1.54) is 11.1 Å². The second-order valence-corrected chi connectivity index (χ2v) is 8.52. The molecule has 0 bridgehead atoms. The SMILES string of the molecule is CC(C)C(C)(c1ccc(OCc2ccccn2)cc1)c1ccc(C2=N[C@@H](C=O)CO2)cc1. The quantitative estimate of drug-likeness (QED) is 0.476. The molecule has 0 saturated carbocycles. The summed E-state index contributed by atoms with van der Waals surface area (Å²) < 4.78 is 11.5. The van der Waals surface area contributed by atoms with E-state index in [0.29, 0.717) is 25.0 Å². The lowest BCUT2D eigenvalue weighted by Gasteiger charge is -2.35. The molecule has 1 aliphatic rings. The zero-order valence-electron chi connectivity index (χ0n) is 18.7. The third-order valence-corrected chi connectivity index (χ3v) is 6.28. The number of hydrogen-bond acceptors (Lipinski definition) is 5. The van der Waals surface area contributed by atoms with E-state index in [1.807, 2.05) is 42.5 Å². The summed E-state index contributed by atoms with van der Waals surface area (Å²) in [6.45, 7) is 7.50. The lowest BCUT2D eigenvalue weighted by molar-refractivity contribution is -0.109. The van der Waals surface area contributed by atoms with Gasteiger partial charge in [-0.3, -0.25) is 4.98 Å². The first kappa shape index (κ1) is 21.8. The number of hydrogen-bond donors (Lipinski definition) is 0. The molecule has 164 valence electrons. The van der Waals surface area contributed by atoms with Crippen molar-refractivity contribution in [2.24, 2.45) is 10.9 Å². The minimum Gasteiger partial charge on any atom is -0.487 e. The van der Waals surface area contributed by atoms with E-state index in [1.54, 1.807) is 6.20 Å². The number of aldehydes is 1. The molecule has 2 aromatic carbocycles. The van der Waals surface area contributed by atoms with Crippen molar-refractivity contribution in [2.75, 3.05) is 6.61 Å². The van der Waals surface area contributed by atoms with Gasteiger partial charge in [0.25, 0.3) is 0 Å². The molecule has 5 nitrogen and oxygen atoms in total. The van der Waals surface area contributed by atoms with Crippen LogP contribution < -0.4 is 4.74 Å². The monoisotopic (exact) mass is 428 g/mol. The van der Waals surface area contributed by atoms with Crippen LogP contribution in [0.25, 0.3) is 0 Å². The van der Waals surface area contributed by atoms with E-state index in [-0.39, 0.29) is 5.41 Å². The molecular weight excluding hydrogens is 400 g/mol. The van der Waals surface area contributed by atoms with Crippen LogP contribution in [-0.4, -0.2) is 29.8 Å². The van der Waals surface area contributed by atoms with Gasteiger partial charge in [-0.1, -0.05) is 51.1 Å². The molecule has 1 aliphatic heterocycles. The van der Waals surface area contributed by atoms with Crippen molar-refractivity contribution < 1.29 is 14.3 Å². The van der Waals surface area contributed by atoms with Gasteiger partial charge in [0.2, 0.25) is 5.90 Å². The zero-order chi connectivity index (χ0) is 22.6. The van der Waals surface area contributed by atoms with Gasteiger partial charge in [-0.05, 0) is 53.4 Å². The van der Waals surface area contributed by atoms with Crippen molar-refractivity contribution in [3.05, 3.63) is 95.3 Å². The van der Waals surface area contributed by atoms with Crippen LogP contribution in [0, 0.1) is 5.92 Å². The largest absolute Gasteiger partial charge is 0.487 e. The Hall–Kier alpha value is -3.47. The van der Waals surface area contributed by atoms with Crippen molar-refractivity contribution in [3.63, 3.8) is 0 Å². The van der Waals surface area contributed by atoms with Crippen molar-refractivity contribution in [3.8, 4) is 5.75 Å². The molecule has 2 atom stereocenters. The first-order chi connectivity index (χ1) is 15.5. The highest BCUT2D eigenvalue weighted by Crippen LogP contribution is 2.39. The molecule has 2 heterocycles. The van der Waals surface area contributed by atoms with Crippen LogP contribution in [-0.2, 0) is 21.6 Å². The van der Waals surface area contributed by atoms with Gasteiger partial charge in [0.1, 0.15) is 31.3 Å². The van der Waals surface area contributed by atoms with Crippen LogP contribution >= 0.6 is 0 Å². The Labute approximate surface area is 189 Å². The molecule has 0 aliphatic carbocycles. The van der Waals surface area contributed by atoms with Gasteiger partial charge in [0.05, 0.1) is 5.69 Å². The number of nitrogens with zero attached hydrogens (tertiary/aromatic N) is 2. The smallest absolute Gasteiger partial charge is 0.216 e. The number of rotatable bonds is 8. The molecule has 0 N–H and O–H groups in total. The van der Waals surface area contributed by atoms with Gasteiger partial charge < -0.3 is 14.3 Å². The van der Waals surface area contributed by atoms with Crippen molar-refractivity contribution in [1.29, 1.82) is 0 Å². The number of carbonyl (C=O) groups excluding carboxylic acids is 1. The lowest BCUT2D eigenvalue weighted by Crippen LogP contribution is -2.30. The molecule has 0 amide bonds. The fourth-order valence-corrected chi connectivity index (χ4v) is 3.95. The standard InChI is InChI=1S/C27H28N2O3/c1-19(2)27(3,21-9-7-20(8-10-21)26-29-24(16-30)18-32-26)22-11-13-25(14-12-22)31-17-23-6-4-5-15-28-23/h4-16,19,24H,17-18H2,1-3H3/t24-,27?/m0/s1. The van der Waals surface area contributed by atoms with Gasteiger partial charge in [-0.25, -0.2) is 4.99 Å². The number of ether oxygens (including phenoxy) is 2. The predicted octanol–water partition coefficient (Wildman–Crippen LogP) is 4.97. The summed E-state index contributed by atoms with van der Waals surface area (Å²) in [5.74, 6) is 1.73. The lowest BCUT2D eigenvalue weighted by atomic mass is 9.68. The second kappa shape index (κ2) is 9.35. The maximum Gasteiger partial charge on any atom is 0.216 e. The van der Waals surface area contributed by atoms with Gasteiger partial charge in [0, 0.05) is 17.2 Å². The summed E-state index contributed by atoms with van der Waals surface area (Å²) >= 11 is 0. The molecule has 0 radical (unpaired) electrons. The number of benzene rings is 2. The Morgan fingerprint density at radius 1 is 1.06 bits per heavy atom. The summed E-state index contributed by atoms with van der Waals surface area (Å²) in [6, 6.07) is 22.0. The fourth-order valence-electron chi connectivity index (χ4n) is 3.95. The first-order valence-corrected chi connectivity index (χ1v) is 10.9. The molecule has 32 heavy (non-hydrogen) atoms. The summed E-state index contributed by atoms with van der Waals surface area (Å²) in [5, 5.41) is 0. The maximum atomic E-state index is 10.9. The Morgan fingerprint density at radius 3 is 2.31 bits per heavy atom. The minimum absolute atomic E-state index is 0.179. The van der Waals surface area contributed by atoms with Crippen molar-refractivity contribution in [2.45, 2.75) is 38.8 Å². The number of pyridine rings is 1. The minimum atomic E-state index is -0.399. The van der Waals surface area contributed by atoms with Crippen molar-refractivity contribution >= 4 is 12.2 Å². The zero-order valence-corrected chi connectivity index (χ0v) is 18.7. The molecule has 0 fully saturated rings. The highest BCUT2D eigenvalue weighted by atomic mass is 16.5. The van der Waals surface area contributed by atoms with Crippen LogP contribution in [0.1, 0.15) is 43.2 Å². The molecule has 0 saturated heterocycles. The molecule has 1 aromatic heterocycles. The normalized spacial score (nSPS) is 17.4. The average molecular weight is 429 g/mol. The summed E-state index contributed by atoms with van der Waals surface area (Å²) in [5.41, 5.74) is 4.05. The van der Waals surface area contributed by atoms with Crippen LogP contribution in [0.15, 0.2) is 77.9 Å². The molecular formula is C27H28N2O3. The van der Waals surface area contributed by atoms with Gasteiger partial charge in [-0.15, -0.1) is 0 Å². The maximum absolute atomic E-state index is 10.9. The average Bonchev–Trinajstić information content (AvgIpc) is 3.33. The van der Waals surface area contributed by atoms with E-state index in [4.69, 9.17) is 9.47 Å². The predicted molar refractivity (Wildman–Crippen MR) is 125 cm³/mol. The molecule has 3 aromatic rings. The number of aliphatic imine (C=N–C) groups is 1. The van der Waals surface area contributed by atoms with E-state index in [0.717, 1.165) is 23.3 Å². The Morgan fingerprint density at radius 2 is 1.75 bits per heavy atom. The van der Waals surface area contributed by atoms with Crippen molar-refractivity contribution in [1.82, 2.24) is 4.98 Å². The van der Waals surface area contributed by atoms with Gasteiger partial charge >= 0.3 is 0 Å². The topological polar surface area (TPSA) is 60.8 Å². The Kier molecular flexibility index (Phi) is 6.35. The number of aromatic nitrogens is 1. The van der Waals surface area contributed by atoms with E-state index in [9.17, 15) is 4.79 Å². The molecule has 0 spiro atoms. The molecule has 5 heteroatoms. The Bertz CT molecular complexity index is 1080. The molecule has 4 rings (SSSR count). The van der Waals surface area contributed by atoms with Crippen LogP contribution in [0.3, 0.4) is 0 Å². The third kappa shape index (κ3) is 4.42. The van der Waals surface area contributed by atoms with E-state index >= 15 is 0 Å². The summed E-state index contributed by atoms with van der Waals surface area (Å²) in [6.07, 6.45) is 2.59. The highest BCUT2D eigenvalue weighted by molar-refractivity contribution is 5.96. The summed E-state index contributed by atoms with van der Waals surface area (Å²) in [4.78, 5) is 19.6. The molecule has 1 unspecified atom stereocenters. The number of carbonyl (C=O) groups is 1.